The Hall–Kier alpha value is -3.12. The number of nitrogens with one attached hydrogen (secondary N) is 1. The molecule has 9 nitrogen and oxygen atoms in total. The maximum atomic E-state index is 13.6. The number of halogens is 3. The van der Waals surface area contributed by atoms with Crippen LogP contribution in [-0.4, -0.2) is 77.4 Å². The first kappa shape index (κ1) is 24.5. The number of carbonyl (C=O) groups is 2. The number of imidazole rings is 1. The molecule has 2 amide bonds. The van der Waals surface area contributed by atoms with E-state index in [4.69, 9.17) is 4.74 Å². The lowest BCUT2D eigenvalue weighted by Gasteiger charge is -2.30. The minimum Gasteiger partial charge on any atom is -0.378 e. The van der Waals surface area contributed by atoms with Crippen LogP contribution in [0.2, 0.25) is 0 Å². The summed E-state index contributed by atoms with van der Waals surface area (Å²) in [6, 6.07) is 7.08. The molecule has 2 aromatic rings. The standard InChI is InChI=1S/C21H26F3N5O4/c1-27-8-7-25-19(27)20(32,21(22,23)24)13-18(31)28(2)14-17(30)26-15-3-5-16(6-4-15)29-9-11-33-12-10-29/h3-8,32H,9-14H2,1-2H3,(H,26,30). The number of hydrogen-bond acceptors (Lipinski definition) is 6. The number of aliphatic hydroxyl groups is 1. The second kappa shape index (κ2) is 9.79. The van der Waals surface area contributed by atoms with Crippen molar-refractivity contribution >= 4 is 23.2 Å². The Kier molecular flexibility index (Phi) is 7.28. The fourth-order valence-corrected chi connectivity index (χ4v) is 3.51. The number of ether oxygens (including phenoxy) is 1. The average molecular weight is 469 g/mol. The largest absolute Gasteiger partial charge is 0.425 e. The second-order valence-electron chi connectivity index (χ2n) is 7.84. The van der Waals surface area contributed by atoms with Crippen LogP contribution in [0.5, 0.6) is 0 Å². The summed E-state index contributed by atoms with van der Waals surface area (Å²) in [5.74, 6) is -2.35. The van der Waals surface area contributed by atoms with Gasteiger partial charge in [-0.1, -0.05) is 0 Å². The Morgan fingerprint density at radius 2 is 1.85 bits per heavy atom. The number of aryl methyl sites for hydroxylation is 1. The van der Waals surface area contributed by atoms with Gasteiger partial charge in [0.05, 0.1) is 26.2 Å². The van der Waals surface area contributed by atoms with Gasteiger partial charge in [-0.3, -0.25) is 9.59 Å². The second-order valence-corrected chi connectivity index (χ2v) is 7.84. The number of alkyl halides is 3. The lowest BCUT2D eigenvalue weighted by molar-refractivity contribution is -0.271. The Bertz CT molecular complexity index is 973. The van der Waals surface area contributed by atoms with Gasteiger partial charge >= 0.3 is 6.18 Å². The summed E-state index contributed by atoms with van der Waals surface area (Å²) >= 11 is 0. The average Bonchev–Trinajstić information content (AvgIpc) is 3.20. The number of carbonyl (C=O) groups excluding carboxylic acids is 2. The number of anilines is 2. The highest BCUT2D eigenvalue weighted by Crippen LogP contribution is 2.41. The van der Waals surface area contributed by atoms with Gasteiger partial charge in [0, 0.05) is 51.0 Å². The molecule has 1 atom stereocenters. The van der Waals surface area contributed by atoms with Gasteiger partial charge < -0.3 is 29.5 Å². The van der Waals surface area contributed by atoms with Crippen LogP contribution in [0.15, 0.2) is 36.7 Å². The molecule has 0 bridgehead atoms. The van der Waals surface area contributed by atoms with Crippen molar-refractivity contribution in [3.8, 4) is 0 Å². The van der Waals surface area contributed by atoms with E-state index in [1.807, 2.05) is 12.1 Å². The SMILES string of the molecule is CN(CC(=O)Nc1ccc(N2CCOCC2)cc1)C(=O)CC(O)(c1nccn1C)C(F)(F)F. The quantitative estimate of drug-likeness (QED) is 0.638. The van der Waals surface area contributed by atoms with Gasteiger partial charge in [-0.05, 0) is 24.3 Å². The Morgan fingerprint density at radius 1 is 1.21 bits per heavy atom. The predicted molar refractivity (Wildman–Crippen MR) is 114 cm³/mol. The number of nitrogens with zero attached hydrogens (tertiary/aromatic N) is 4. The van der Waals surface area contributed by atoms with E-state index in [1.54, 1.807) is 12.1 Å². The molecular formula is C21H26F3N5O4. The minimum atomic E-state index is -5.15. The minimum absolute atomic E-state index is 0.484. The van der Waals surface area contributed by atoms with E-state index in [1.165, 1.54) is 20.3 Å². The summed E-state index contributed by atoms with van der Waals surface area (Å²) in [5.41, 5.74) is -2.02. The highest BCUT2D eigenvalue weighted by molar-refractivity contribution is 5.94. The van der Waals surface area contributed by atoms with Crippen LogP contribution in [0.1, 0.15) is 12.2 Å². The van der Waals surface area contributed by atoms with E-state index >= 15 is 0 Å². The topological polar surface area (TPSA) is 99.9 Å². The molecule has 1 unspecified atom stereocenters. The molecule has 1 aliphatic heterocycles. The van der Waals surface area contributed by atoms with Crippen molar-refractivity contribution < 1.29 is 32.6 Å². The number of rotatable bonds is 7. The number of aromatic nitrogens is 2. The van der Waals surface area contributed by atoms with Crippen molar-refractivity contribution in [1.29, 1.82) is 0 Å². The third kappa shape index (κ3) is 5.63. The molecule has 1 aliphatic rings. The van der Waals surface area contributed by atoms with Crippen LogP contribution in [0.3, 0.4) is 0 Å². The lowest BCUT2D eigenvalue weighted by atomic mass is 9.96. The fourth-order valence-electron chi connectivity index (χ4n) is 3.51. The molecule has 2 heterocycles. The fraction of sp³-hybridized carbons (Fsp3) is 0.476. The number of likely N-dealkylation sites (N-methyl/N-ethyl adjacent to an activating group) is 1. The van der Waals surface area contributed by atoms with E-state index in [9.17, 15) is 27.9 Å². The van der Waals surface area contributed by atoms with E-state index < -0.39 is 42.4 Å². The van der Waals surface area contributed by atoms with Gasteiger partial charge in [-0.2, -0.15) is 13.2 Å². The van der Waals surface area contributed by atoms with Crippen molar-refractivity contribution in [3.05, 3.63) is 42.5 Å². The zero-order valence-corrected chi connectivity index (χ0v) is 18.3. The molecule has 1 aromatic heterocycles. The van der Waals surface area contributed by atoms with E-state index in [0.717, 1.165) is 34.4 Å². The normalized spacial score (nSPS) is 16.2. The van der Waals surface area contributed by atoms with E-state index in [0.29, 0.717) is 18.9 Å². The Labute approximate surface area is 188 Å². The third-order valence-electron chi connectivity index (χ3n) is 5.40. The van der Waals surface area contributed by atoms with Gasteiger partial charge in [-0.25, -0.2) is 4.98 Å². The summed E-state index contributed by atoms with van der Waals surface area (Å²) in [5, 5.41) is 13.0. The first-order chi connectivity index (χ1) is 15.5. The first-order valence-corrected chi connectivity index (χ1v) is 10.2. The summed E-state index contributed by atoms with van der Waals surface area (Å²) in [6.07, 6.45) is -4.12. The smallest absolute Gasteiger partial charge is 0.378 e. The number of amides is 2. The molecule has 1 aromatic carbocycles. The van der Waals surface area contributed by atoms with Gasteiger partial charge in [0.25, 0.3) is 0 Å². The lowest BCUT2D eigenvalue weighted by Crippen LogP contribution is -2.48. The van der Waals surface area contributed by atoms with Crippen molar-refractivity contribution in [2.75, 3.05) is 50.1 Å². The molecule has 0 radical (unpaired) electrons. The highest BCUT2D eigenvalue weighted by Gasteiger charge is 2.58. The van der Waals surface area contributed by atoms with Crippen LogP contribution >= 0.6 is 0 Å². The molecule has 0 spiro atoms. The van der Waals surface area contributed by atoms with Crippen LogP contribution < -0.4 is 10.2 Å². The van der Waals surface area contributed by atoms with Crippen molar-refractivity contribution in [2.24, 2.45) is 7.05 Å². The van der Waals surface area contributed by atoms with Gasteiger partial charge in [-0.15, -0.1) is 0 Å². The summed E-state index contributed by atoms with van der Waals surface area (Å²) in [7, 11) is 2.48. The Balaban J connectivity index is 1.59. The highest BCUT2D eigenvalue weighted by atomic mass is 19.4. The number of benzene rings is 1. The Morgan fingerprint density at radius 3 is 2.39 bits per heavy atom. The molecule has 33 heavy (non-hydrogen) atoms. The van der Waals surface area contributed by atoms with Crippen LogP contribution in [0, 0.1) is 0 Å². The summed E-state index contributed by atoms with van der Waals surface area (Å²) in [4.78, 5) is 31.3. The van der Waals surface area contributed by atoms with E-state index in [2.05, 4.69) is 15.2 Å². The van der Waals surface area contributed by atoms with Crippen molar-refractivity contribution in [3.63, 3.8) is 0 Å². The molecule has 3 rings (SSSR count). The van der Waals surface area contributed by atoms with Crippen molar-refractivity contribution in [2.45, 2.75) is 18.2 Å². The third-order valence-corrected chi connectivity index (χ3v) is 5.40. The van der Waals surface area contributed by atoms with E-state index in [-0.39, 0.29) is 0 Å². The molecule has 1 fully saturated rings. The number of morpholine rings is 1. The molecule has 180 valence electrons. The zero-order valence-electron chi connectivity index (χ0n) is 18.3. The maximum absolute atomic E-state index is 13.6. The monoisotopic (exact) mass is 469 g/mol. The molecule has 12 heteroatoms. The van der Waals surface area contributed by atoms with Crippen molar-refractivity contribution in [1.82, 2.24) is 14.5 Å². The van der Waals surface area contributed by atoms with Crippen LogP contribution in [-0.2, 0) is 27.0 Å². The van der Waals surface area contributed by atoms with Crippen LogP contribution in [0.25, 0.3) is 0 Å². The molecule has 0 saturated carbocycles. The predicted octanol–water partition coefficient (Wildman–Crippen LogP) is 1.49. The van der Waals surface area contributed by atoms with Gasteiger partial charge in [0.15, 0.2) is 5.82 Å². The summed E-state index contributed by atoms with van der Waals surface area (Å²) in [6.45, 7) is 2.33. The summed E-state index contributed by atoms with van der Waals surface area (Å²) < 4.78 is 47.2. The molecule has 2 N–H and O–H groups in total. The number of hydrogen-bond donors (Lipinski definition) is 2. The zero-order chi connectivity index (χ0) is 24.2. The van der Waals surface area contributed by atoms with Gasteiger partial charge in [0.2, 0.25) is 17.4 Å². The van der Waals surface area contributed by atoms with Gasteiger partial charge in [0.1, 0.15) is 0 Å². The molecule has 1 saturated heterocycles. The van der Waals surface area contributed by atoms with Crippen LogP contribution in [0.4, 0.5) is 24.5 Å². The maximum Gasteiger partial charge on any atom is 0.425 e. The first-order valence-electron chi connectivity index (χ1n) is 10.2. The molecular weight excluding hydrogens is 443 g/mol. The molecule has 0 aliphatic carbocycles.